The molecule has 0 bridgehead atoms. The van der Waals surface area contributed by atoms with E-state index in [-0.39, 0.29) is 24.0 Å². The van der Waals surface area contributed by atoms with Crippen LogP contribution in [0.3, 0.4) is 0 Å². The number of halogens is 1. The highest BCUT2D eigenvalue weighted by Gasteiger charge is 2.08. The third-order valence-electron chi connectivity index (χ3n) is 3.88. The van der Waals surface area contributed by atoms with Crippen molar-refractivity contribution in [2.75, 3.05) is 26.9 Å². The van der Waals surface area contributed by atoms with E-state index >= 15 is 0 Å². The van der Waals surface area contributed by atoms with E-state index in [9.17, 15) is 0 Å². The van der Waals surface area contributed by atoms with Crippen molar-refractivity contribution in [3.05, 3.63) is 45.9 Å². The van der Waals surface area contributed by atoms with Crippen molar-refractivity contribution in [1.82, 2.24) is 15.2 Å². The Morgan fingerprint density at radius 2 is 2.00 bits per heavy atom. The van der Waals surface area contributed by atoms with E-state index in [1.54, 1.807) is 23.1 Å². The molecule has 1 N–H and O–H groups in total. The normalized spacial score (nSPS) is 11.4. The second-order valence-electron chi connectivity index (χ2n) is 6.26. The SMILES string of the molecule is CN=C(NCCc1csc(C(C)C)n1)N(C)Cc1ccc(SC)cc1.I. The molecule has 0 saturated heterocycles. The largest absolute Gasteiger partial charge is 0.356 e. The molecule has 2 rings (SSSR count). The summed E-state index contributed by atoms with van der Waals surface area (Å²) in [6.07, 6.45) is 3.01. The lowest BCUT2D eigenvalue weighted by Gasteiger charge is -2.22. The number of aliphatic imine (C=N–C) groups is 1. The molecule has 1 heterocycles. The molecule has 1 aromatic carbocycles. The van der Waals surface area contributed by atoms with Crippen LogP contribution in [0.2, 0.25) is 0 Å². The van der Waals surface area contributed by atoms with Gasteiger partial charge in [-0.2, -0.15) is 0 Å². The van der Waals surface area contributed by atoms with Crippen molar-refractivity contribution >= 4 is 53.0 Å². The summed E-state index contributed by atoms with van der Waals surface area (Å²) in [6.45, 7) is 6.04. The van der Waals surface area contributed by atoms with Crippen LogP contribution in [0.15, 0.2) is 39.5 Å². The maximum atomic E-state index is 4.68. The van der Waals surface area contributed by atoms with Crippen LogP contribution < -0.4 is 5.32 Å². The van der Waals surface area contributed by atoms with Crippen molar-refractivity contribution < 1.29 is 0 Å². The first-order valence-electron chi connectivity index (χ1n) is 8.52. The number of hydrogen-bond acceptors (Lipinski definition) is 4. The average molecular weight is 505 g/mol. The number of thioether (sulfide) groups is 1. The molecule has 7 heteroatoms. The summed E-state index contributed by atoms with van der Waals surface area (Å²) in [5.74, 6) is 1.41. The highest BCUT2D eigenvalue weighted by atomic mass is 127. The molecule has 26 heavy (non-hydrogen) atoms. The monoisotopic (exact) mass is 504 g/mol. The van der Waals surface area contributed by atoms with Gasteiger partial charge >= 0.3 is 0 Å². The summed E-state index contributed by atoms with van der Waals surface area (Å²) in [5.41, 5.74) is 2.44. The fourth-order valence-corrected chi connectivity index (χ4v) is 3.75. The second kappa shape index (κ2) is 11.8. The number of aromatic nitrogens is 1. The standard InChI is InChI=1S/C19H28N4S2.HI/c1-14(2)18-22-16(13-25-18)10-11-21-19(20-3)23(4)12-15-6-8-17(24-5)9-7-15;/h6-9,13-14H,10-12H2,1-5H3,(H,20,21);1H. The van der Waals surface area contributed by atoms with Crippen molar-refractivity contribution in [3.8, 4) is 0 Å². The van der Waals surface area contributed by atoms with E-state index in [1.165, 1.54) is 15.5 Å². The number of nitrogens with zero attached hydrogens (tertiary/aromatic N) is 3. The van der Waals surface area contributed by atoms with Crippen LogP contribution in [0, 0.1) is 0 Å². The highest BCUT2D eigenvalue weighted by molar-refractivity contribution is 14.0. The summed E-state index contributed by atoms with van der Waals surface area (Å²) in [6, 6.07) is 8.69. The second-order valence-corrected chi connectivity index (χ2v) is 8.03. The van der Waals surface area contributed by atoms with E-state index in [0.717, 1.165) is 31.2 Å². The Hall–Kier alpha value is -0.800. The molecule has 144 valence electrons. The molecule has 0 saturated carbocycles. The predicted molar refractivity (Wildman–Crippen MR) is 126 cm³/mol. The zero-order chi connectivity index (χ0) is 18.2. The zero-order valence-corrected chi connectivity index (χ0v) is 20.1. The fraction of sp³-hybridized carbons (Fsp3) is 0.474. The van der Waals surface area contributed by atoms with Crippen LogP contribution in [0.5, 0.6) is 0 Å². The van der Waals surface area contributed by atoms with E-state index in [1.807, 2.05) is 7.05 Å². The summed E-state index contributed by atoms with van der Waals surface area (Å²) >= 11 is 3.52. The van der Waals surface area contributed by atoms with Crippen LogP contribution in [-0.2, 0) is 13.0 Å². The van der Waals surface area contributed by atoms with Gasteiger partial charge in [0.05, 0.1) is 10.7 Å². The van der Waals surface area contributed by atoms with Gasteiger partial charge in [-0.25, -0.2) is 4.98 Å². The maximum Gasteiger partial charge on any atom is 0.193 e. The molecular weight excluding hydrogens is 475 g/mol. The Bertz CT molecular complexity index is 683. The van der Waals surface area contributed by atoms with E-state index in [0.29, 0.717) is 5.92 Å². The first-order chi connectivity index (χ1) is 12.0. The Kier molecular flexibility index (Phi) is 10.6. The molecule has 0 aliphatic rings. The van der Waals surface area contributed by atoms with Gasteiger partial charge in [-0.15, -0.1) is 47.1 Å². The molecule has 0 fully saturated rings. The molecule has 1 aromatic heterocycles. The van der Waals surface area contributed by atoms with Crippen molar-refractivity contribution in [3.63, 3.8) is 0 Å². The number of thiazole rings is 1. The lowest BCUT2D eigenvalue weighted by molar-refractivity contribution is 0.477. The van der Waals surface area contributed by atoms with Gasteiger partial charge < -0.3 is 10.2 Å². The third kappa shape index (κ3) is 7.08. The molecule has 0 aliphatic heterocycles. The van der Waals surface area contributed by atoms with Gasteiger partial charge in [0.15, 0.2) is 5.96 Å². The minimum absolute atomic E-state index is 0. The fourth-order valence-electron chi connectivity index (χ4n) is 2.47. The van der Waals surface area contributed by atoms with Gasteiger partial charge in [-0.1, -0.05) is 26.0 Å². The maximum absolute atomic E-state index is 4.68. The minimum Gasteiger partial charge on any atom is -0.356 e. The van der Waals surface area contributed by atoms with Gasteiger partial charge in [0.25, 0.3) is 0 Å². The Morgan fingerprint density at radius 1 is 1.31 bits per heavy atom. The van der Waals surface area contributed by atoms with Crippen molar-refractivity contribution in [1.29, 1.82) is 0 Å². The van der Waals surface area contributed by atoms with Gasteiger partial charge in [0.1, 0.15) is 0 Å². The Morgan fingerprint density at radius 3 is 2.54 bits per heavy atom. The quantitative estimate of drug-likeness (QED) is 0.253. The van der Waals surface area contributed by atoms with E-state index in [4.69, 9.17) is 0 Å². The Balaban J connectivity index is 0.00000338. The molecule has 0 radical (unpaired) electrons. The molecule has 0 atom stereocenters. The number of rotatable bonds is 7. The van der Waals surface area contributed by atoms with Crippen LogP contribution in [-0.4, -0.2) is 42.7 Å². The first-order valence-corrected chi connectivity index (χ1v) is 10.6. The molecule has 0 amide bonds. The first kappa shape index (κ1) is 23.2. The van der Waals surface area contributed by atoms with Gasteiger partial charge in [0, 0.05) is 49.8 Å². The van der Waals surface area contributed by atoms with E-state index in [2.05, 4.69) is 77.0 Å². The van der Waals surface area contributed by atoms with Crippen LogP contribution >= 0.6 is 47.1 Å². The Labute approximate surface area is 182 Å². The number of benzene rings is 1. The summed E-state index contributed by atoms with van der Waals surface area (Å²) in [7, 11) is 3.90. The molecule has 0 spiro atoms. The molecule has 2 aromatic rings. The lowest BCUT2D eigenvalue weighted by atomic mass is 10.2. The summed E-state index contributed by atoms with van der Waals surface area (Å²) in [5, 5.41) is 6.81. The predicted octanol–water partition coefficient (Wildman–Crippen LogP) is 4.86. The summed E-state index contributed by atoms with van der Waals surface area (Å²) in [4.78, 5) is 12.5. The van der Waals surface area contributed by atoms with Gasteiger partial charge in [-0.3, -0.25) is 4.99 Å². The number of hydrogen-bond donors (Lipinski definition) is 1. The molecule has 0 unspecified atom stereocenters. The minimum atomic E-state index is 0. The summed E-state index contributed by atoms with van der Waals surface area (Å²) < 4.78 is 0. The van der Waals surface area contributed by atoms with Gasteiger partial charge in [0.2, 0.25) is 0 Å². The van der Waals surface area contributed by atoms with Crippen LogP contribution in [0.1, 0.15) is 36.0 Å². The van der Waals surface area contributed by atoms with Crippen molar-refractivity contribution in [2.24, 2.45) is 4.99 Å². The van der Waals surface area contributed by atoms with E-state index < -0.39 is 0 Å². The average Bonchev–Trinajstić information content (AvgIpc) is 3.08. The smallest absolute Gasteiger partial charge is 0.193 e. The molecule has 0 aliphatic carbocycles. The zero-order valence-electron chi connectivity index (χ0n) is 16.2. The topological polar surface area (TPSA) is 40.5 Å². The van der Waals surface area contributed by atoms with Crippen molar-refractivity contribution in [2.45, 2.75) is 37.6 Å². The number of nitrogens with one attached hydrogen (secondary N) is 1. The molecule has 4 nitrogen and oxygen atoms in total. The highest BCUT2D eigenvalue weighted by Crippen LogP contribution is 2.19. The van der Waals surface area contributed by atoms with Crippen LogP contribution in [0.25, 0.3) is 0 Å². The van der Waals surface area contributed by atoms with Gasteiger partial charge in [-0.05, 0) is 24.0 Å². The number of guanidine groups is 1. The lowest BCUT2D eigenvalue weighted by Crippen LogP contribution is -2.39. The van der Waals surface area contributed by atoms with Crippen LogP contribution in [0.4, 0.5) is 0 Å². The third-order valence-corrected chi connectivity index (χ3v) is 5.82. The molecular formula is C19H29IN4S2.